The fourth-order valence-electron chi connectivity index (χ4n) is 3.60. The van der Waals surface area contributed by atoms with Crippen LogP contribution in [-0.2, 0) is 10.3 Å². The molecule has 1 aliphatic rings. The molecule has 0 unspecified atom stereocenters. The normalized spacial score (nSPS) is 28.0. The fourth-order valence-corrected chi connectivity index (χ4v) is 3.73. The monoisotopic (exact) mass is 406 g/mol. The van der Waals surface area contributed by atoms with Gasteiger partial charge in [-0.25, -0.2) is 4.98 Å². The van der Waals surface area contributed by atoms with E-state index in [0.717, 1.165) is 0 Å². The van der Waals surface area contributed by atoms with E-state index >= 15 is 0 Å². The average Bonchev–Trinajstić information content (AvgIpc) is 3.24. The number of aromatic amines is 1. The zero-order valence-corrected chi connectivity index (χ0v) is 15.5. The summed E-state index contributed by atoms with van der Waals surface area (Å²) >= 11 is 5.90. The maximum atomic E-state index is 11.1. The minimum atomic E-state index is -1.58. The van der Waals surface area contributed by atoms with E-state index in [-0.39, 0.29) is 5.49 Å². The first-order valence-electron chi connectivity index (χ1n) is 8.57. The number of halogens is 1. The lowest BCUT2D eigenvalue weighted by atomic mass is 9.87. The molecule has 1 saturated heterocycles. The third-order valence-electron chi connectivity index (χ3n) is 5.13. The van der Waals surface area contributed by atoms with E-state index in [1.807, 2.05) is 0 Å². The number of aliphatic hydroxyl groups excluding tert-OH is 2. The van der Waals surface area contributed by atoms with E-state index in [0.29, 0.717) is 21.6 Å². The zero-order valence-electron chi connectivity index (χ0n) is 14.8. The van der Waals surface area contributed by atoms with Crippen molar-refractivity contribution in [2.75, 3.05) is 0 Å². The van der Waals surface area contributed by atoms with E-state index in [9.17, 15) is 15.3 Å². The Balaban J connectivity index is 1.72. The Bertz CT molecular complexity index is 1060. The van der Waals surface area contributed by atoms with Crippen LogP contribution in [0.5, 0.6) is 0 Å². The number of benzene rings is 1. The lowest BCUT2D eigenvalue weighted by Crippen LogP contribution is -2.45. The van der Waals surface area contributed by atoms with Gasteiger partial charge in [0.2, 0.25) is 5.49 Å². The second-order valence-corrected chi connectivity index (χ2v) is 7.33. The van der Waals surface area contributed by atoms with Gasteiger partial charge in [-0.3, -0.25) is 0 Å². The Hall–Kier alpha value is -2.43. The molecule has 3 aromatic rings. The van der Waals surface area contributed by atoms with Crippen molar-refractivity contribution >= 4 is 22.6 Å². The molecule has 3 heterocycles. The highest BCUT2D eigenvalue weighted by molar-refractivity contribution is 6.30. The van der Waals surface area contributed by atoms with E-state index in [1.165, 1.54) is 13.3 Å². The van der Waals surface area contributed by atoms with Gasteiger partial charge in [0.25, 0.3) is 0 Å². The summed E-state index contributed by atoms with van der Waals surface area (Å²) in [7, 11) is 0. The number of rotatable bonds is 3. The maximum absolute atomic E-state index is 11.1. The Labute approximate surface area is 164 Å². The number of nitrogens with one attached hydrogen (secondary N) is 1. The van der Waals surface area contributed by atoms with Crippen LogP contribution in [0, 0.1) is 0 Å². The van der Waals surface area contributed by atoms with Crippen LogP contribution in [0.2, 0.25) is 5.02 Å². The van der Waals surface area contributed by atoms with E-state index in [1.54, 1.807) is 41.1 Å². The molecule has 1 aliphatic heterocycles. The second kappa shape index (κ2) is 6.87. The summed E-state index contributed by atoms with van der Waals surface area (Å²) in [4.78, 5) is 6.82. The van der Waals surface area contributed by atoms with Crippen molar-refractivity contribution in [2.24, 2.45) is 5.16 Å². The van der Waals surface area contributed by atoms with Gasteiger partial charge in [0.1, 0.15) is 29.6 Å². The molecule has 0 saturated carbocycles. The van der Waals surface area contributed by atoms with E-state index in [4.69, 9.17) is 21.5 Å². The first kappa shape index (κ1) is 18.9. The van der Waals surface area contributed by atoms with Gasteiger partial charge in [-0.1, -0.05) is 28.9 Å². The van der Waals surface area contributed by atoms with Crippen LogP contribution in [0.3, 0.4) is 0 Å². The van der Waals surface area contributed by atoms with Gasteiger partial charge in [0.05, 0.1) is 11.7 Å². The molecule has 0 spiro atoms. The molecule has 0 amide bonds. The maximum Gasteiger partial charge on any atom is 0.203 e. The highest BCUT2D eigenvalue weighted by Gasteiger charge is 2.52. The second-order valence-electron chi connectivity index (χ2n) is 6.89. The van der Waals surface area contributed by atoms with Gasteiger partial charge in [-0.2, -0.15) is 0 Å². The SMILES string of the molecule is C[C@@](O)(c1ccc(Cl)cc1)[C@H]1O[C@@H](n2ccc3/c(=N/O)nc[nH]c32)[C@H](O)[C@@H]1O. The molecule has 0 bridgehead atoms. The lowest BCUT2D eigenvalue weighted by Gasteiger charge is -2.32. The number of nitrogens with zero attached hydrogens (tertiary/aromatic N) is 3. The van der Waals surface area contributed by atoms with Crippen molar-refractivity contribution in [1.29, 1.82) is 0 Å². The van der Waals surface area contributed by atoms with Crippen LogP contribution in [0.4, 0.5) is 0 Å². The number of ether oxygens (including phenoxy) is 1. The molecule has 9 nitrogen and oxygen atoms in total. The van der Waals surface area contributed by atoms with Crippen LogP contribution in [0.1, 0.15) is 18.7 Å². The number of hydrogen-bond donors (Lipinski definition) is 5. The first-order chi connectivity index (χ1) is 13.3. The summed E-state index contributed by atoms with van der Waals surface area (Å²) in [6, 6.07) is 8.17. The highest BCUT2D eigenvalue weighted by Crippen LogP contribution is 2.40. The Morgan fingerprint density at radius 1 is 1.21 bits per heavy atom. The fraction of sp³-hybridized carbons (Fsp3) is 0.333. The van der Waals surface area contributed by atoms with E-state index in [2.05, 4.69) is 15.1 Å². The third kappa shape index (κ3) is 2.88. The molecule has 0 radical (unpaired) electrons. The average molecular weight is 407 g/mol. The van der Waals surface area contributed by atoms with Crippen molar-refractivity contribution < 1.29 is 25.3 Å². The molecule has 2 aromatic heterocycles. The van der Waals surface area contributed by atoms with Crippen LogP contribution < -0.4 is 5.49 Å². The van der Waals surface area contributed by atoms with Gasteiger partial charge in [-0.05, 0) is 30.7 Å². The Morgan fingerprint density at radius 2 is 1.93 bits per heavy atom. The van der Waals surface area contributed by atoms with Gasteiger partial charge in [0.15, 0.2) is 6.23 Å². The molecule has 10 heteroatoms. The Kier molecular flexibility index (Phi) is 4.64. The number of fused-ring (bicyclic) bond motifs is 1. The predicted molar refractivity (Wildman–Crippen MR) is 98.4 cm³/mol. The van der Waals surface area contributed by atoms with Crippen molar-refractivity contribution in [2.45, 2.75) is 37.1 Å². The molecule has 1 fully saturated rings. The molecule has 28 heavy (non-hydrogen) atoms. The van der Waals surface area contributed by atoms with Crippen molar-refractivity contribution in [3.63, 3.8) is 0 Å². The zero-order chi connectivity index (χ0) is 20.1. The summed E-state index contributed by atoms with van der Waals surface area (Å²) in [5, 5.41) is 45.5. The third-order valence-corrected chi connectivity index (χ3v) is 5.39. The summed E-state index contributed by atoms with van der Waals surface area (Å²) in [6.07, 6.45) is -1.80. The van der Waals surface area contributed by atoms with Crippen LogP contribution in [0.15, 0.2) is 48.0 Å². The minimum absolute atomic E-state index is 0.102. The van der Waals surface area contributed by atoms with Crippen LogP contribution >= 0.6 is 11.6 Å². The van der Waals surface area contributed by atoms with Crippen molar-refractivity contribution in [3.8, 4) is 0 Å². The molecular formula is C18H19ClN4O5. The molecule has 0 aliphatic carbocycles. The number of aliphatic hydroxyl groups is 3. The molecule has 1 aromatic carbocycles. The van der Waals surface area contributed by atoms with Gasteiger partial charge in [-0.15, -0.1) is 0 Å². The quantitative estimate of drug-likeness (QED) is 0.323. The smallest absolute Gasteiger partial charge is 0.203 e. The van der Waals surface area contributed by atoms with Gasteiger partial charge in [0, 0.05) is 11.2 Å². The first-order valence-corrected chi connectivity index (χ1v) is 8.94. The topological polar surface area (TPSA) is 136 Å². The Morgan fingerprint density at radius 3 is 2.61 bits per heavy atom. The number of H-pyrrole nitrogens is 1. The standard InChI is InChI=1S/C18H19ClN4O5/c1-18(26,9-2-4-10(19)5-3-9)14-12(24)13(25)17(28-14)23-7-6-11-15(22-27)20-8-21-16(11)23/h2-8,12-14,17,24-27H,1H3,(H,20,21,22)/t12-,13+,14-,17+,18+/m0/s1. The van der Waals surface area contributed by atoms with Gasteiger partial charge < -0.3 is 34.8 Å². The van der Waals surface area contributed by atoms with Crippen molar-refractivity contribution in [1.82, 2.24) is 14.5 Å². The van der Waals surface area contributed by atoms with Crippen LogP contribution in [0.25, 0.3) is 11.0 Å². The molecular weight excluding hydrogens is 388 g/mol. The number of hydrogen-bond acceptors (Lipinski definition) is 7. The van der Waals surface area contributed by atoms with E-state index < -0.39 is 30.1 Å². The largest absolute Gasteiger partial charge is 0.409 e. The molecule has 148 valence electrons. The summed E-state index contributed by atoms with van der Waals surface area (Å²) < 4.78 is 7.46. The number of aromatic nitrogens is 3. The van der Waals surface area contributed by atoms with Crippen LogP contribution in [-0.4, -0.2) is 53.4 Å². The summed E-state index contributed by atoms with van der Waals surface area (Å²) in [6.45, 7) is 1.51. The summed E-state index contributed by atoms with van der Waals surface area (Å²) in [5.74, 6) is 0. The lowest BCUT2D eigenvalue weighted by molar-refractivity contribution is -0.135. The summed E-state index contributed by atoms with van der Waals surface area (Å²) in [5.41, 5.74) is -0.515. The van der Waals surface area contributed by atoms with Gasteiger partial charge >= 0.3 is 0 Å². The highest BCUT2D eigenvalue weighted by atomic mass is 35.5. The predicted octanol–water partition coefficient (Wildman–Crippen LogP) is 0.835. The molecule has 5 atom stereocenters. The molecule has 4 rings (SSSR count). The minimum Gasteiger partial charge on any atom is -0.409 e. The van der Waals surface area contributed by atoms with Crippen molar-refractivity contribution in [3.05, 3.63) is 58.9 Å². The molecule has 5 N–H and O–H groups in total.